The van der Waals surface area contributed by atoms with Crippen LogP contribution in [0.4, 0.5) is 0 Å². The zero-order valence-corrected chi connectivity index (χ0v) is 12.8. The number of aryl methyl sites for hydroxylation is 1. The molecular weight excluding hydrogens is 284 g/mol. The van der Waals surface area contributed by atoms with Gasteiger partial charge in [0.2, 0.25) is 0 Å². The molecule has 0 aliphatic rings. The third-order valence-corrected chi connectivity index (χ3v) is 3.09. The number of nitrogens with one attached hydrogen (secondary N) is 1. The van der Waals surface area contributed by atoms with Crippen molar-refractivity contribution in [1.82, 2.24) is 14.5 Å². The molecule has 0 atom stereocenters. The van der Waals surface area contributed by atoms with Gasteiger partial charge in [0.05, 0.1) is 13.2 Å². The van der Waals surface area contributed by atoms with Crippen molar-refractivity contribution in [3.8, 4) is 0 Å². The fourth-order valence-corrected chi connectivity index (χ4v) is 2.04. The smallest absolute Gasteiger partial charge is 0.365 e. The van der Waals surface area contributed by atoms with Crippen LogP contribution in [0.25, 0.3) is 0 Å². The summed E-state index contributed by atoms with van der Waals surface area (Å²) < 4.78 is 7.35. The summed E-state index contributed by atoms with van der Waals surface area (Å²) in [6, 6.07) is 9.74. The molecule has 0 saturated carbocycles. The Kier molecular flexibility index (Phi) is 5.35. The molecule has 7 nitrogen and oxygen atoms in total. The number of rotatable bonds is 7. The number of aromatic nitrogens is 3. The van der Waals surface area contributed by atoms with Crippen molar-refractivity contribution >= 4 is 5.97 Å². The maximum atomic E-state index is 12.3. The molecule has 118 valence electrons. The quantitative estimate of drug-likeness (QED) is 0.769. The summed E-state index contributed by atoms with van der Waals surface area (Å²) in [6.45, 7) is 4.22. The predicted octanol–water partition coefficient (Wildman–Crippen LogP) is 0.914. The summed E-state index contributed by atoms with van der Waals surface area (Å²) in [5.41, 5.74) is 3.72. The first kappa shape index (κ1) is 15.8. The van der Waals surface area contributed by atoms with Gasteiger partial charge in [0.25, 0.3) is 0 Å². The van der Waals surface area contributed by atoms with E-state index in [0.29, 0.717) is 18.8 Å². The second-order valence-corrected chi connectivity index (χ2v) is 4.67. The third-order valence-electron chi connectivity index (χ3n) is 3.09. The maximum absolute atomic E-state index is 12.3. The van der Waals surface area contributed by atoms with Crippen LogP contribution in [-0.4, -0.2) is 27.0 Å². The van der Waals surface area contributed by atoms with Crippen LogP contribution in [-0.2, 0) is 29.0 Å². The molecule has 0 spiro atoms. The van der Waals surface area contributed by atoms with E-state index >= 15 is 0 Å². The summed E-state index contributed by atoms with van der Waals surface area (Å²) in [4.78, 5) is 23.8. The van der Waals surface area contributed by atoms with Crippen molar-refractivity contribution in [3.05, 3.63) is 52.2 Å². The number of esters is 1. The Bertz CT molecular complexity index is 676. The third kappa shape index (κ3) is 3.75. The Morgan fingerprint density at radius 1 is 1.27 bits per heavy atom. The van der Waals surface area contributed by atoms with Gasteiger partial charge in [-0.25, -0.2) is 9.48 Å². The number of carbonyl (C=O) groups is 1. The summed E-state index contributed by atoms with van der Waals surface area (Å²) in [5.74, 6) is 0.102. The first-order valence-corrected chi connectivity index (χ1v) is 7.27. The zero-order valence-electron chi connectivity index (χ0n) is 12.8. The molecule has 0 amide bonds. The van der Waals surface area contributed by atoms with Crippen LogP contribution in [0.1, 0.15) is 25.2 Å². The second-order valence-electron chi connectivity index (χ2n) is 4.67. The van der Waals surface area contributed by atoms with E-state index < -0.39 is 5.97 Å². The predicted molar refractivity (Wildman–Crippen MR) is 82.0 cm³/mol. The average molecular weight is 304 g/mol. The molecule has 7 heteroatoms. The van der Waals surface area contributed by atoms with Crippen molar-refractivity contribution in [2.45, 2.75) is 33.4 Å². The summed E-state index contributed by atoms with van der Waals surface area (Å²) >= 11 is 0. The Morgan fingerprint density at radius 2 is 2.00 bits per heavy atom. The minimum atomic E-state index is -0.472. The standard InChI is InChI=1S/C15H20N4O3/c1-3-13-17-18(11-14(20)22-4-2)15(21)19(13)16-10-12-8-6-5-7-9-12/h5-9,16H,3-4,10-11H2,1-2H3. The molecule has 0 unspecified atom stereocenters. The van der Waals surface area contributed by atoms with E-state index in [0.717, 1.165) is 10.2 Å². The van der Waals surface area contributed by atoms with E-state index in [9.17, 15) is 9.59 Å². The molecule has 0 fully saturated rings. The molecule has 2 aromatic rings. The lowest BCUT2D eigenvalue weighted by Gasteiger charge is -2.07. The van der Waals surface area contributed by atoms with Gasteiger partial charge in [-0.05, 0) is 12.5 Å². The normalized spacial score (nSPS) is 10.5. The van der Waals surface area contributed by atoms with Gasteiger partial charge >= 0.3 is 11.7 Å². The molecule has 0 aliphatic heterocycles. The lowest BCUT2D eigenvalue weighted by atomic mass is 10.2. The molecule has 2 rings (SSSR count). The Balaban J connectivity index is 2.15. The highest BCUT2D eigenvalue weighted by Gasteiger charge is 2.14. The van der Waals surface area contributed by atoms with E-state index in [4.69, 9.17) is 4.74 Å². The van der Waals surface area contributed by atoms with E-state index in [1.54, 1.807) is 6.92 Å². The number of hydrogen-bond acceptors (Lipinski definition) is 5. The number of nitrogens with zero attached hydrogens (tertiary/aromatic N) is 3. The minimum absolute atomic E-state index is 0.181. The SMILES string of the molecule is CCOC(=O)Cn1nc(CC)n(NCc2ccccc2)c1=O. The molecule has 1 aromatic carbocycles. The number of hydrogen-bond donors (Lipinski definition) is 1. The summed E-state index contributed by atoms with van der Waals surface area (Å²) in [6.07, 6.45) is 0.576. The van der Waals surface area contributed by atoms with Crippen molar-refractivity contribution in [3.63, 3.8) is 0 Å². The summed E-state index contributed by atoms with van der Waals surface area (Å²) in [5, 5.41) is 4.17. The first-order chi connectivity index (χ1) is 10.7. The second kappa shape index (κ2) is 7.44. The molecule has 0 aliphatic carbocycles. The Hall–Kier alpha value is -2.57. The fourth-order valence-electron chi connectivity index (χ4n) is 2.04. The Morgan fingerprint density at radius 3 is 2.64 bits per heavy atom. The van der Waals surface area contributed by atoms with Gasteiger partial charge in [-0.15, -0.1) is 0 Å². The van der Waals surface area contributed by atoms with E-state index in [2.05, 4.69) is 10.5 Å². The van der Waals surface area contributed by atoms with Crippen molar-refractivity contribution < 1.29 is 9.53 Å². The van der Waals surface area contributed by atoms with Crippen molar-refractivity contribution in [2.75, 3.05) is 12.0 Å². The molecular formula is C15H20N4O3. The highest BCUT2D eigenvalue weighted by molar-refractivity contribution is 5.68. The van der Waals surface area contributed by atoms with Gasteiger partial charge in [-0.3, -0.25) is 4.79 Å². The average Bonchev–Trinajstić information content (AvgIpc) is 2.82. The van der Waals surface area contributed by atoms with Gasteiger partial charge in [0.15, 0.2) is 5.82 Å². The van der Waals surface area contributed by atoms with Gasteiger partial charge < -0.3 is 10.2 Å². The van der Waals surface area contributed by atoms with Crippen molar-refractivity contribution in [2.24, 2.45) is 0 Å². The zero-order chi connectivity index (χ0) is 15.9. The molecule has 1 N–H and O–H groups in total. The van der Waals surface area contributed by atoms with Gasteiger partial charge in [0.1, 0.15) is 6.54 Å². The molecule has 1 aromatic heterocycles. The lowest BCUT2D eigenvalue weighted by Crippen LogP contribution is -2.33. The van der Waals surface area contributed by atoms with Gasteiger partial charge in [-0.2, -0.15) is 9.77 Å². The number of benzene rings is 1. The Labute approximate surface area is 128 Å². The van der Waals surface area contributed by atoms with Gasteiger partial charge in [-0.1, -0.05) is 37.3 Å². The monoisotopic (exact) mass is 304 g/mol. The van der Waals surface area contributed by atoms with E-state index in [1.807, 2.05) is 37.3 Å². The number of ether oxygens (including phenoxy) is 1. The lowest BCUT2D eigenvalue weighted by molar-refractivity contribution is -0.144. The highest BCUT2D eigenvalue weighted by atomic mass is 16.5. The molecule has 0 bridgehead atoms. The van der Waals surface area contributed by atoms with Crippen LogP contribution in [0.2, 0.25) is 0 Å². The number of carbonyl (C=O) groups excluding carboxylic acids is 1. The van der Waals surface area contributed by atoms with E-state index in [-0.39, 0.29) is 18.8 Å². The fraction of sp³-hybridized carbons (Fsp3) is 0.400. The maximum Gasteiger partial charge on any atom is 0.365 e. The van der Waals surface area contributed by atoms with Crippen LogP contribution in [0.3, 0.4) is 0 Å². The van der Waals surface area contributed by atoms with Crippen LogP contribution < -0.4 is 11.1 Å². The van der Waals surface area contributed by atoms with Gasteiger partial charge in [0, 0.05) is 6.42 Å². The molecule has 0 saturated heterocycles. The summed E-state index contributed by atoms with van der Waals surface area (Å²) in [7, 11) is 0. The van der Waals surface area contributed by atoms with Crippen LogP contribution >= 0.6 is 0 Å². The first-order valence-electron chi connectivity index (χ1n) is 7.27. The highest BCUT2D eigenvalue weighted by Crippen LogP contribution is 1.99. The van der Waals surface area contributed by atoms with Crippen LogP contribution in [0.5, 0.6) is 0 Å². The van der Waals surface area contributed by atoms with Crippen LogP contribution in [0.15, 0.2) is 35.1 Å². The largest absolute Gasteiger partial charge is 0.465 e. The molecule has 22 heavy (non-hydrogen) atoms. The molecule has 1 heterocycles. The topological polar surface area (TPSA) is 78.2 Å². The minimum Gasteiger partial charge on any atom is -0.465 e. The molecule has 0 radical (unpaired) electrons. The van der Waals surface area contributed by atoms with Crippen molar-refractivity contribution in [1.29, 1.82) is 0 Å². The van der Waals surface area contributed by atoms with Crippen LogP contribution in [0, 0.1) is 0 Å². The van der Waals surface area contributed by atoms with E-state index in [1.165, 1.54) is 4.68 Å².